The van der Waals surface area contributed by atoms with Crippen LogP contribution in [0.1, 0.15) is 16.7 Å². The highest BCUT2D eigenvalue weighted by atomic mass is 32.2. The topological polar surface area (TPSA) is 66.8 Å². The van der Waals surface area contributed by atoms with Crippen LogP contribution in [0.5, 0.6) is 5.75 Å². The minimum atomic E-state index is -0.962. The summed E-state index contributed by atoms with van der Waals surface area (Å²) in [5.41, 5.74) is 3.10. The Morgan fingerprint density at radius 2 is 1.95 bits per heavy atom. The zero-order valence-corrected chi connectivity index (χ0v) is 13.2. The van der Waals surface area contributed by atoms with Crippen molar-refractivity contribution in [3.8, 4) is 5.75 Å². The molecule has 2 rings (SSSR count). The quantitative estimate of drug-likeness (QED) is 0.921. The van der Waals surface area contributed by atoms with Gasteiger partial charge >= 0.3 is 5.97 Å². The van der Waals surface area contributed by atoms with E-state index in [1.54, 1.807) is 0 Å². The molecule has 0 spiro atoms. The molecule has 0 radical (unpaired) electrons. The van der Waals surface area contributed by atoms with Crippen LogP contribution in [-0.4, -0.2) is 46.2 Å². The number of carboxylic acid groups (broad SMARTS) is 1. The number of benzene rings is 1. The highest BCUT2D eigenvalue weighted by Crippen LogP contribution is 2.25. The van der Waals surface area contributed by atoms with E-state index in [0.29, 0.717) is 17.4 Å². The zero-order valence-electron chi connectivity index (χ0n) is 12.4. The molecule has 1 aromatic rings. The predicted molar refractivity (Wildman–Crippen MR) is 81.7 cm³/mol. The lowest BCUT2D eigenvalue weighted by molar-refractivity contribution is -0.148. The second kappa shape index (κ2) is 6.39. The van der Waals surface area contributed by atoms with Crippen LogP contribution in [0.3, 0.4) is 0 Å². The van der Waals surface area contributed by atoms with Crippen LogP contribution < -0.4 is 4.74 Å². The third-order valence-corrected chi connectivity index (χ3v) is 4.44. The van der Waals surface area contributed by atoms with E-state index in [1.165, 1.54) is 16.7 Å². The van der Waals surface area contributed by atoms with Crippen molar-refractivity contribution >= 4 is 23.6 Å². The van der Waals surface area contributed by atoms with E-state index in [9.17, 15) is 9.59 Å². The maximum atomic E-state index is 12.1. The summed E-state index contributed by atoms with van der Waals surface area (Å²) in [5, 5.41) is 9.09. The van der Waals surface area contributed by atoms with Gasteiger partial charge < -0.3 is 14.7 Å². The normalized spacial score (nSPS) is 17.9. The molecule has 0 aromatic heterocycles. The van der Waals surface area contributed by atoms with Crippen molar-refractivity contribution in [3.05, 3.63) is 28.8 Å². The van der Waals surface area contributed by atoms with Crippen LogP contribution in [0.4, 0.5) is 0 Å². The molecular formula is C15H19NO4S. The fraction of sp³-hybridized carbons (Fsp3) is 0.467. The third-order valence-electron chi connectivity index (χ3n) is 3.43. The van der Waals surface area contributed by atoms with E-state index in [-0.39, 0.29) is 12.5 Å². The van der Waals surface area contributed by atoms with E-state index in [4.69, 9.17) is 9.84 Å². The number of carbonyl (C=O) groups is 2. The lowest BCUT2D eigenvalue weighted by atomic mass is 10.1. The van der Waals surface area contributed by atoms with Crippen molar-refractivity contribution in [2.75, 3.05) is 18.2 Å². The summed E-state index contributed by atoms with van der Waals surface area (Å²) in [6.07, 6.45) is 0. The number of rotatable bonds is 4. The first-order valence-corrected chi connectivity index (χ1v) is 7.86. The molecule has 1 N–H and O–H groups in total. The van der Waals surface area contributed by atoms with Gasteiger partial charge in [-0.15, -0.1) is 11.8 Å². The van der Waals surface area contributed by atoms with Gasteiger partial charge in [-0.1, -0.05) is 17.7 Å². The highest BCUT2D eigenvalue weighted by molar-refractivity contribution is 7.99. The number of aliphatic carboxylic acids is 1. The summed E-state index contributed by atoms with van der Waals surface area (Å²) in [7, 11) is 0. The molecule has 1 aliphatic rings. The average Bonchev–Trinajstić information content (AvgIpc) is 2.86. The molecule has 114 valence electrons. The zero-order chi connectivity index (χ0) is 15.6. The molecule has 21 heavy (non-hydrogen) atoms. The molecule has 1 heterocycles. The van der Waals surface area contributed by atoms with E-state index >= 15 is 0 Å². The Hall–Kier alpha value is -1.69. The Bertz CT molecular complexity index is 550. The summed E-state index contributed by atoms with van der Waals surface area (Å²) in [5.74, 6) is 0.296. The number of hydrogen-bond acceptors (Lipinski definition) is 4. The number of carboxylic acids is 1. The van der Waals surface area contributed by atoms with Gasteiger partial charge in [0.25, 0.3) is 5.91 Å². The SMILES string of the molecule is Cc1cc(C)c(OCC(=O)N2CSCC2C(=O)O)c(C)c1. The van der Waals surface area contributed by atoms with Gasteiger partial charge in [-0.3, -0.25) is 4.79 Å². The molecule has 6 heteroatoms. The van der Waals surface area contributed by atoms with Crippen molar-refractivity contribution in [2.24, 2.45) is 0 Å². The first-order valence-electron chi connectivity index (χ1n) is 6.71. The molecule has 1 saturated heterocycles. The minimum Gasteiger partial charge on any atom is -0.483 e. The minimum absolute atomic E-state index is 0.130. The number of thioether (sulfide) groups is 1. The number of hydrogen-bond donors (Lipinski definition) is 1. The van der Waals surface area contributed by atoms with Crippen molar-refractivity contribution < 1.29 is 19.4 Å². The van der Waals surface area contributed by atoms with Crippen LogP contribution in [0.15, 0.2) is 12.1 Å². The van der Waals surface area contributed by atoms with Crippen LogP contribution in [0, 0.1) is 20.8 Å². The van der Waals surface area contributed by atoms with Crippen LogP contribution >= 0.6 is 11.8 Å². The highest BCUT2D eigenvalue weighted by Gasteiger charge is 2.34. The fourth-order valence-electron chi connectivity index (χ4n) is 2.50. The first kappa shape index (κ1) is 15.7. The molecule has 1 unspecified atom stereocenters. The second-order valence-corrected chi connectivity index (χ2v) is 6.23. The standard InChI is InChI=1S/C15H19NO4S/c1-9-4-10(2)14(11(3)5-9)20-6-13(17)16-8-21-7-12(16)15(18)19/h4-5,12H,6-8H2,1-3H3,(H,18,19). The predicted octanol–water partition coefficient (Wildman–Crippen LogP) is 1.98. The van der Waals surface area contributed by atoms with Crippen molar-refractivity contribution in [1.82, 2.24) is 4.90 Å². The molecule has 1 aromatic carbocycles. The fourth-order valence-corrected chi connectivity index (χ4v) is 3.68. The summed E-state index contributed by atoms with van der Waals surface area (Å²) in [6.45, 7) is 5.75. The number of aryl methyl sites for hydroxylation is 3. The molecule has 0 bridgehead atoms. The summed E-state index contributed by atoms with van der Waals surface area (Å²) < 4.78 is 5.63. The van der Waals surface area contributed by atoms with Gasteiger partial charge in [-0.25, -0.2) is 4.79 Å². The van der Waals surface area contributed by atoms with E-state index in [0.717, 1.165) is 16.7 Å². The van der Waals surface area contributed by atoms with Crippen LogP contribution in [-0.2, 0) is 9.59 Å². The monoisotopic (exact) mass is 309 g/mol. The summed E-state index contributed by atoms with van der Waals surface area (Å²) in [6, 6.07) is 3.25. The summed E-state index contributed by atoms with van der Waals surface area (Å²) >= 11 is 1.45. The number of ether oxygens (including phenoxy) is 1. The average molecular weight is 309 g/mol. The van der Waals surface area contributed by atoms with Crippen molar-refractivity contribution in [3.63, 3.8) is 0 Å². The largest absolute Gasteiger partial charge is 0.483 e. The lowest BCUT2D eigenvalue weighted by Crippen LogP contribution is -2.43. The Morgan fingerprint density at radius 1 is 1.33 bits per heavy atom. The number of carbonyl (C=O) groups excluding carboxylic acids is 1. The molecule has 1 atom stereocenters. The Balaban J connectivity index is 2.03. The Kier molecular flexibility index (Phi) is 4.77. The van der Waals surface area contributed by atoms with Crippen LogP contribution in [0.2, 0.25) is 0 Å². The Labute approximate surface area is 128 Å². The number of amides is 1. The van der Waals surface area contributed by atoms with Gasteiger partial charge in [0.15, 0.2) is 6.61 Å². The van der Waals surface area contributed by atoms with Crippen LogP contribution in [0.25, 0.3) is 0 Å². The van der Waals surface area contributed by atoms with Crippen molar-refractivity contribution in [1.29, 1.82) is 0 Å². The van der Waals surface area contributed by atoms with Gasteiger partial charge in [-0.05, 0) is 31.9 Å². The second-order valence-electron chi connectivity index (χ2n) is 5.23. The molecule has 0 saturated carbocycles. The van der Waals surface area contributed by atoms with Gasteiger partial charge in [0.1, 0.15) is 11.8 Å². The lowest BCUT2D eigenvalue weighted by Gasteiger charge is -2.21. The van der Waals surface area contributed by atoms with E-state index in [2.05, 4.69) is 0 Å². The third kappa shape index (κ3) is 3.50. The summed E-state index contributed by atoms with van der Waals surface area (Å²) in [4.78, 5) is 24.6. The Morgan fingerprint density at radius 3 is 2.52 bits per heavy atom. The van der Waals surface area contributed by atoms with Crippen molar-refractivity contribution in [2.45, 2.75) is 26.8 Å². The molecular weight excluding hydrogens is 290 g/mol. The molecule has 0 aliphatic carbocycles. The molecule has 1 amide bonds. The molecule has 1 fully saturated rings. The number of nitrogens with zero attached hydrogens (tertiary/aromatic N) is 1. The van der Waals surface area contributed by atoms with Gasteiger partial charge in [0.2, 0.25) is 0 Å². The first-order chi connectivity index (χ1) is 9.90. The molecule has 1 aliphatic heterocycles. The van der Waals surface area contributed by atoms with Gasteiger partial charge in [-0.2, -0.15) is 0 Å². The van der Waals surface area contributed by atoms with Gasteiger partial charge in [0, 0.05) is 5.75 Å². The van der Waals surface area contributed by atoms with E-state index < -0.39 is 12.0 Å². The van der Waals surface area contributed by atoms with E-state index in [1.807, 2.05) is 32.9 Å². The maximum Gasteiger partial charge on any atom is 0.327 e. The maximum absolute atomic E-state index is 12.1. The molecule has 5 nitrogen and oxygen atoms in total. The van der Waals surface area contributed by atoms with Gasteiger partial charge in [0.05, 0.1) is 5.88 Å². The smallest absolute Gasteiger partial charge is 0.327 e.